The van der Waals surface area contributed by atoms with Gasteiger partial charge in [-0.1, -0.05) is 23.4 Å². The van der Waals surface area contributed by atoms with Gasteiger partial charge in [0.05, 0.1) is 17.4 Å². The van der Waals surface area contributed by atoms with Gasteiger partial charge < -0.3 is 14.6 Å². The second kappa shape index (κ2) is 9.93. The first-order valence-electron chi connectivity index (χ1n) is 11.1. The molecule has 1 aliphatic rings. The number of ether oxygens (including phenoxy) is 1. The minimum Gasteiger partial charge on any atom is -0.490 e. The molecule has 0 bridgehead atoms. The Morgan fingerprint density at radius 1 is 1.29 bits per heavy atom. The first kappa shape index (κ1) is 23.9. The molecule has 0 saturated heterocycles. The fourth-order valence-corrected chi connectivity index (χ4v) is 5.32. The molecule has 4 rings (SSSR count). The highest BCUT2D eigenvalue weighted by molar-refractivity contribution is 7.89. The van der Waals surface area contributed by atoms with Crippen LogP contribution in [0.4, 0.5) is 0 Å². The van der Waals surface area contributed by atoms with Crippen LogP contribution in [0, 0.1) is 11.3 Å². The lowest BCUT2D eigenvalue weighted by Crippen LogP contribution is -2.33. The summed E-state index contributed by atoms with van der Waals surface area (Å²) in [6, 6.07) is 12.7. The van der Waals surface area contributed by atoms with Crippen molar-refractivity contribution in [2.45, 2.75) is 38.8 Å². The molecule has 0 fully saturated rings. The van der Waals surface area contributed by atoms with Gasteiger partial charge in [0.15, 0.2) is 0 Å². The highest BCUT2D eigenvalue weighted by atomic mass is 32.2. The van der Waals surface area contributed by atoms with Crippen LogP contribution < -0.4 is 14.8 Å². The van der Waals surface area contributed by atoms with Crippen molar-refractivity contribution in [1.29, 1.82) is 5.26 Å². The van der Waals surface area contributed by atoms with E-state index < -0.39 is 10.0 Å². The summed E-state index contributed by atoms with van der Waals surface area (Å²) < 4.78 is 38.8. The molecule has 3 aromatic rings. The van der Waals surface area contributed by atoms with E-state index in [-0.39, 0.29) is 17.9 Å². The van der Waals surface area contributed by atoms with E-state index in [1.165, 1.54) is 0 Å². The Balaban J connectivity index is 1.60. The number of nitrogens with zero attached hydrogens (tertiary/aromatic N) is 3. The summed E-state index contributed by atoms with van der Waals surface area (Å²) in [5, 5.41) is 16.5. The van der Waals surface area contributed by atoms with Gasteiger partial charge in [0.25, 0.3) is 5.89 Å². The van der Waals surface area contributed by atoms with Crippen LogP contribution in [0.15, 0.2) is 40.9 Å². The summed E-state index contributed by atoms with van der Waals surface area (Å²) in [4.78, 5) is 4.56. The minimum atomic E-state index is -3.40. The van der Waals surface area contributed by atoms with E-state index in [1.54, 1.807) is 25.2 Å². The van der Waals surface area contributed by atoms with Crippen molar-refractivity contribution >= 4 is 10.0 Å². The van der Waals surface area contributed by atoms with Crippen LogP contribution >= 0.6 is 0 Å². The first-order chi connectivity index (χ1) is 16.3. The summed E-state index contributed by atoms with van der Waals surface area (Å²) >= 11 is 0. The maximum Gasteiger partial charge on any atom is 0.258 e. The quantitative estimate of drug-likeness (QED) is 0.477. The van der Waals surface area contributed by atoms with E-state index in [2.05, 4.69) is 26.2 Å². The molecule has 1 aliphatic carbocycles. The number of hydrogen-bond acceptors (Lipinski definition) is 8. The maximum atomic E-state index is 12.4. The normalized spacial score (nSPS) is 15.3. The van der Waals surface area contributed by atoms with Crippen LogP contribution in [-0.2, 0) is 16.4 Å². The van der Waals surface area contributed by atoms with E-state index in [0.717, 1.165) is 16.7 Å². The second-order valence-electron chi connectivity index (χ2n) is 8.42. The first-order valence-corrected chi connectivity index (χ1v) is 12.8. The van der Waals surface area contributed by atoms with E-state index in [4.69, 9.17) is 9.26 Å². The Bertz CT molecular complexity index is 1330. The number of benzene rings is 2. The molecule has 0 amide bonds. The Morgan fingerprint density at radius 2 is 2.12 bits per heavy atom. The molecule has 0 aliphatic heterocycles. The topological polar surface area (TPSA) is 130 Å². The summed E-state index contributed by atoms with van der Waals surface area (Å²) in [5.74, 6) is 1.24. The SMILES string of the molecule is CNCCS(=O)(=O)N[C@H]1CCc2c(-c3noc(-c4ccc(OC(C)C)c(C#N)c4)n3)cccc21. The van der Waals surface area contributed by atoms with Gasteiger partial charge in [-0.25, -0.2) is 13.1 Å². The molecule has 1 aromatic heterocycles. The summed E-state index contributed by atoms with van der Waals surface area (Å²) in [7, 11) is -1.67. The smallest absolute Gasteiger partial charge is 0.258 e. The zero-order chi connectivity index (χ0) is 24.3. The number of nitrogens with one attached hydrogen (secondary N) is 2. The van der Waals surface area contributed by atoms with Crippen molar-refractivity contribution in [2.75, 3.05) is 19.3 Å². The number of aromatic nitrogens is 2. The summed E-state index contributed by atoms with van der Waals surface area (Å²) in [5.41, 5.74) is 3.76. The van der Waals surface area contributed by atoms with Crippen LogP contribution in [0.25, 0.3) is 22.8 Å². The molecule has 34 heavy (non-hydrogen) atoms. The third kappa shape index (κ3) is 5.12. The highest BCUT2D eigenvalue weighted by Crippen LogP contribution is 2.38. The van der Waals surface area contributed by atoms with Crippen LogP contribution in [0.3, 0.4) is 0 Å². The predicted molar refractivity (Wildman–Crippen MR) is 128 cm³/mol. The molecular weight excluding hydrogens is 454 g/mol. The van der Waals surface area contributed by atoms with Crippen molar-refractivity contribution in [3.63, 3.8) is 0 Å². The van der Waals surface area contributed by atoms with Crippen LogP contribution in [0.1, 0.15) is 43.0 Å². The summed E-state index contributed by atoms with van der Waals surface area (Å²) in [6.07, 6.45) is 1.32. The number of sulfonamides is 1. The number of nitriles is 1. The Labute approximate surface area is 199 Å². The Kier molecular flexibility index (Phi) is 6.97. The molecule has 0 saturated carbocycles. The maximum absolute atomic E-state index is 12.4. The van der Waals surface area contributed by atoms with Crippen LogP contribution in [-0.4, -0.2) is 44.0 Å². The Hall–Kier alpha value is -3.26. The minimum absolute atomic E-state index is 0.0227. The molecule has 0 spiro atoms. The van der Waals surface area contributed by atoms with Gasteiger partial charge in [-0.2, -0.15) is 10.2 Å². The lowest BCUT2D eigenvalue weighted by Gasteiger charge is -2.15. The molecular formula is C24H27N5O4S. The average molecular weight is 482 g/mol. The van der Waals surface area contributed by atoms with Crippen molar-refractivity contribution in [2.24, 2.45) is 0 Å². The molecule has 0 unspecified atom stereocenters. The third-order valence-corrected chi connectivity index (χ3v) is 6.98. The molecule has 1 atom stereocenters. The van der Waals surface area contributed by atoms with Crippen molar-refractivity contribution < 1.29 is 17.7 Å². The fraction of sp³-hybridized carbons (Fsp3) is 0.375. The van der Waals surface area contributed by atoms with Gasteiger partial charge in [0.2, 0.25) is 15.8 Å². The zero-order valence-electron chi connectivity index (χ0n) is 19.3. The molecule has 178 valence electrons. The molecule has 1 heterocycles. The van der Waals surface area contributed by atoms with Crippen LogP contribution in [0.2, 0.25) is 0 Å². The van der Waals surface area contributed by atoms with Crippen LogP contribution in [0.5, 0.6) is 5.75 Å². The third-order valence-electron chi connectivity index (χ3n) is 5.59. The van der Waals surface area contributed by atoms with E-state index >= 15 is 0 Å². The van der Waals surface area contributed by atoms with Gasteiger partial charge in [-0.15, -0.1) is 0 Å². The van der Waals surface area contributed by atoms with Gasteiger partial charge in [0.1, 0.15) is 11.8 Å². The number of hydrogen-bond donors (Lipinski definition) is 2. The van der Waals surface area contributed by atoms with Crippen molar-refractivity contribution in [3.8, 4) is 34.7 Å². The lowest BCUT2D eigenvalue weighted by molar-refractivity contribution is 0.241. The van der Waals surface area contributed by atoms with E-state index in [0.29, 0.717) is 48.0 Å². The van der Waals surface area contributed by atoms with Gasteiger partial charge in [-0.3, -0.25) is 0 Å². The average Bonchev–Trinajstić information content (AvgIpc) is 3.45. The highest BCUT2D eigenvalue weighted by Gasteiger charge is 2.29. The molecule has 2 aromatic carbocycles. The standard InChI is InChI=1S/C24H27N5O4S/c1-15(2)32-22-10-7-16(13-17(22)14-25)24-27-23(28-33-24)20-6-4-5-19-18(20)8-9-21(19)29-34(30,31)12-11-26-3/h4-7,10,13,15,21,26,29H,8-9,11-12H2,1-3H3/t21-/m0/s1. The molecule has 9 nitrogen and oxygen atoms in total. The van der Waals surface area contributed by atoms with Gasteiger partial charge in [0, 0.05) is 23.7 Å². The second-order valence-corrected chi connectivity index (χ2v) is 10.3. The van der Waals surface area contributed by atoms with Gasteiger partial charge in [-0.05, 0) is 63.1 Å². The fourth-order valence-electron chi connectivity index (χ4n) is 4.06. The monoisotopic (exact) mass is 481 g/mol. The largest absolute Gasteiger partial charge is 0.490 e. The number of fused-ring (bicyclic) bond motifs is 1. The lowest BCUT2D eigenvalue weighted by atomic mass is 10.0. The molecule has 10 heteroatoms. The van der Waals surface area contributed by atoms with Crippen molar-refractivity contribution in [3.05, 3.63) is 53.1 Å². The molecule has 0 radical (unpaired) electrons. The predicted octanol–water partition coefficient (Wildman–Crippen LogP) is 3.19. The zero-order valence-corrected chi connectivity index (χ0v) is 20.1. The van der Waals surface area contributed by atoms with Gasteiger partial charge >= 0.3 is 0 Å². The van der Waals surface area contributed by atoms with E-state index in [1.807, 2.05) is 32.0 Å². The summed E-state index contributed by atoms with van der Waals surface area (Å²) in [6.45, 7) is 4.18. The number of rotatable bonds is 9. The molecule has 2 N–H and O–H groups in total. The Morgan fingerprint density at radius 3 is 2.85 bits per heavy atom. The van der Waals surface area contributed by atoms with Crippen molar-refractivity contribution in [1.82, 2.24) is 20.2 Å². The van der Waals surface area contributed by atoms with E-state index in [9.17, 15) is 13.7 Å².